The first-order valence-corrected chi connectivity index (χ1v) is 8.05. The molecule has 2 N–H and O–H groups in total. The Morgan fingerprint density at radius 1 is 1.24 bits per heavy atom. The molecule has 6 heteroatoms. The van der Waals surface area contributed by atoms with E-state index in [1.54, 1.807) is 0 Å². The molecule has 2 amide bonds. The van der Waals surface area contributed by atoms with Crippen molar-refractivity contribution in [2.24, 2.45) is 11.8 Å². The molecule has 2 heterocycles. The first-order valence-electron chi connectivity index (χ1n) is 8.05. The van der Waals surface area contributed by atoms with Crippen LogP contribution in [0.25, 0.3) is 0 Å². The van der Waals surface area contributed by atoms with Crippen molar-refractivity contribution in [2.75, 3.05) is 19.7 Å². The number of rotatable bonds is 4. The van der Waals surface area contributed by atoms with Gasteiger partial charge in [0.1, 0.15) is 6.04 Å². The first-order chi connectivity index (χ1) is 10.2. The van der Waals surface area contributed by atoms with E-state index in [2.05, 4.69) is 5.32 Å². The highest BCUT2D eigenvalue weighted by Crippen LogP contribution is 2.42. The number of aliphatic carboxylic acids is 1. The van der Waals surface area contributed by atoms with Crippen LogP contribution < -0.4 is 5.32 Å². The molecular weight excluding hydrogens is 272 g/mol. The zero-order chi connectivity index (χ0) is 14.8. The Morgan fingerprint density at radius 3 is 2.81 bits per heavy atom. The lowest BCUT2D eigenvalue weighted by Crippen LogP contribution is -2.48. The number of urea groups is 1. The number of likely N-dealkylation sites (tertiary alicyclic amines) is 1. The lowest BCUT2D eigenvalue weighted by atomic mass is 9.94. The molecule has 21 heavy (non-hydrogen) atoms. The van der Waals surface area contributed by atoms with Crippen LogP contribution in [0.15, 0.2) is 0 Å². The lowest BCUT2D eigenvalue weighted by Gasteiger charge is -2.24. The summed E-state index contributed by atoms with van der Waals surface area (Å²) in [5.74, 6) is -0.347. The fourth-order valence-electron chi connectivity index (χ4n) is 4.14. The SMILES string of the molecule is O=C(O)C1C2CCCC2CN1C(=O)NCCC1CCCO1. The standard InChI is InChI=1S/C15H24N2O4/c18-14(19)13-12-5-1-3-10(12)9-17(13)15(20)16-7-6-11-4-2-8-21-11/h10-13H,1-9H2,(H,16,20)(H,18,19). The number of amides is 2. The van der Waals surface area contributed by atoms with Crippen molar-refractivity contribution in [3.05, 3.63) is 0 Å². The Morgan fingerprint density at radius 2 is 2.10 bits per heavy atom. The second kappa shape index (κ2) is 6.22. The number of hydrogen-bond donors (Lipinski definition) is 2. The molecule has 118 valence electrons. The molecule has 3 fully saturated rings. The fraction of sp³-hybridized carbons (Fsp3) is 0.867. The van der Waals surface area contributed by atoms with E-state index in [1.165, 1.54) is 4.90 Å². The van der Waals surface area contributed by atoms with Gasteiger partial charge in [0.25, 0.3) is 0 Å². The van der Waals surface area contributed by atoms with E-state index in [0.717, 1.165) is 45.1 Å². The van der Waals surface area contributed by atoms with Gasteiger partial charge in [-0.15, -0.1) is 0 Å². The summed E-state index contributed by atoms with van der Waals surface area (Å²) in [6.07, 6.45) is 6.28. The van der Waals surface area contributed by atoms with Gasteiger partial charge < -0.3 is 20.1 Å². The summed E-state index contributed by atoms with van der Waals surface area (Å²) in [5, 5.41) is 12.3. The van der Waals surface area contributed by atoms with Crippen LogP contribution in [-0.4, -0.2) is 53.8 Å². The summed E-state index contributed by atoms with van der Waals surface area (Å²) in [6, 6.07) is -0.866. The lowest BCUT2D eigenvalue weighted by molar-refractivity contribution is -0.142. The molecule has 3 rings (SSSR count). The number of nitrogens with one attached hydrogen (secondary N) is 1. The zero-order valence-electron chi connectivity index (χ0n) is 12.3. The summed E-state index contributed by atoms with van der Waals surface area (Å²) >= 11 is 0. The number of carboxylic acids is 1. The maximum atomic E-state index is 12.3. The van der Waals surface area contributed by atoms with Gasteiger partial charge in [-0.25, -0.2) is 9.59 Å². The number of nitrogens with zero attached hydrogens (tertiary/aromatic N) is 1. The van der Waals surface area contributed by atoms with Crippen molar-refractivity contribution in [1.82, 2.24) is 10.2 Å². The predicted octanol–water partition coefficient (Wildman–Crippen LogP) is 1.45. The number of hydrogen-bond acceptors (Lipinski definition) is 3. The summed E-state index contributed by atoms with van der Waals surface area (Å²) in [6.45, 7) is 1.96. The maximum absolute atomic E-state index is 12.3. The number of carbonyl (C=O) groups is 2. The maximum Gasteiger partial charge on any atom is 0.326 e. The molecule has 1 aliphatic carbocycles. The van der Waals surface area contributed by atoms with E-state index in [0.29, 0.717) is 19.0 Å². The Kier molecular flexibility index (Phi) is 4.33. The van der Waals surface area contributed by atoms with Crippen LogP contribution in [0.2, 0.25) is 0 Å². The summed E-state index contributed by atoms with van der Waals surface area (Å²) in [4.78, 5) is 25.3. The summed E-state index contributed by atoms with van der Waals surface area (Å²) in [5.41, 5.74) is 0. The Bertz CT molecular complexity index is 408. The van der Waals surface area contributed by atoms with Gasteiger partial charge in [-0.05, 0) is 43.9 Å². The Labute approximate surface area is 124 Å². The van der Waals surface area contributed by atoms with Crippen molar-refractivity contribution in [1.29, 1.82) is 0 Å². The molecule has 4 atom stereocenters. The molecule has 0 aromatic rings. The first kappa shape index (κ1) is 14.6. The van der Waals surface area contributed by atoms with Gasteiger partial charge in [0.05, 0.1) is 6.10 Å². The van der Waals surface area contributed by atoms with E-state index >= 15 is 0 Å². The number of carboxylic acid groups (broad SMARTS) is 1. The number of carbonyl (C=O) groups excluding carboxylic acids is 1. The van der Waals surface area contributed by atoms with E-state index in [4.69, 9.17) is 4.74 Å². The predicted molar refractivity (Wildman–Crippen MR) is 76.0 cm³/mol. The quantitative estimate of drug-likeness (QED) is 0.823. The van der Waals surface area contributed by atoms with Crippen LogP contribution >= 0.6 is 0 Å². The largest absolute Gasteiger partial charge is 0.480 e. The molecule has 2 saturated heterocycles. The molecule has 0 spiro atoms. The number of ether oxygens (including phenoxy) is 1. The van der Waals surface area contributed by atoms with Crippen molar-refractivity contribution < 1.29 is 19.4 Å². The second-order valence-electron chi connectivity index (χ2n) is 6.45. The van der Waals surface area contributed by atoms with Gasteiger partial charge in [0.15, 0.2) is 0 Å². The minimum absolute atomic E-state index is 0.145. The third kappa shape index (κ3) is 3.00. The van der Waals surface area contributed by atoms with Crippen LogP contribution in [0.4, 0.5) is 4.79 Å². The van der Waals surface area contributed by atoms with Crippen molar-refractivity contribution in [3.8, 4) is 0 Å². The molecule has 0 aromatic heterocycles. The topological polar surface area (TPSA) is 78.9 Å². The van der Waals surface area contributed by atoms with E-state index in [-0.39, 0.29) is 18.1 Å². The molecule has 0 radical (unpaired) electrons. The van der Waals surface area contributed by atoms with E-state index in [1.807, 2.05) is 0 Å². The van der Waals surface area contributed by atoms with Gasteiger partial charge in [-0.3, -0.25) is 0 Å². The highest BCUT2D eigenvalue weighted by Gasteiger charge is 2.49. The molecule has 3 aliphatic rings. The van der Waals surface area contributed by atoms with Crippen LogP contribution in [0.1, 0.15) is 38.5 Å². The van der Waals surface area contributed by atoms with Gasteiger partial charge in [0.2, 0.25) is 0 Å². The van der Waals surface area contributed by atoms with Gasteiger partial charge in [-0.1, -0.05) is 6.42 Å². The highest BCUT2D eigenvalue weighted by atomic mass is 16.5. The molecular formula is C15H24N2O4. The van der Waals surface area contributed by atoms with Gasteiger partial charge in [0, 0.05) is 19.7 Å². The third-order valence-corrected chi connectivity index (χ3v) is 5.17. The molecule has 1 saturated carbocycles. The normalized spacial score (nSPS) is 35.0. The smallest absolute Gasteiger partial charge is 0.326 e. The average molecular weight is 296 g/mol. The van der Waals surface area contributed by atoms with Gasteiger partial charge in [-0.2, -0.15) is 0 Å². The molecule has 2 aliphatic heterocycles. The van der Waals surface area contributed by atoms with Crippen molar-refractivity contribution in [3.63, 3.8) is 0 Å². The monoisotopic (exact) mass is 296 g/mol. The van der Waals surface area contributed by atoms with Crippen molar-refractivity contribution >= 4 is 12.0 Å². The minimum atomic E-state index is -0.862. The molecule has 4 unspecified atom stereocenters. The summed E-state index contributed by atoms with van der Waals surface area (Å²) in [7, 11) is 0. The Balaban J connectivity index is 1.52. The van der Waals surface area contributed by atoms with E-state index in [9.17, 15) is 14.7 Å². The Hall–Kier alpha value is -1.30. The molecule has 0 aromatic carbocycles. The number of fused-ring (bicyclic) bond motifs is 1. The van der Waals surface area contributed by atoms with Crippen LogP contribution in [0.3, 0.4) is 0 Å². The average Bonchev–Trinajstić information content (AvgIpc) is 3.13. The minimum Gasteiger partial charge on any atom is -0.480 e. The van der Waals surface area contributed by atoms with Crippen LogP contribution in [0.5, 0.6) is 0 Å². The fourth-order valence-corrected chi connectivity index (χ4v) is 4.14. The third-order valence-electron chi connectivity index (χ3n) is 5.17. The highest BCUT2D eigenvalue weighted by molar-refractivity contribution is 5.83. The van der Waals surface area contributed by atoms with Crippen LogP contribution in [-0.2, 0) is 9.53 Å². The van der Waals surface area contributed by atoms with Crippen LogP contribution in [0, 0.1) is 11.8 Å². The second-order valence-corrected chi connectivity index (χ2v) is 6.45. The molecule has 0 bridgehead atoms. The zero-order valence-corrected chi connectivity index (χ0v) is 12.3. The van der Waals surface area contributed by atoms with Crippen molar-refractivity contribution in [2.45, 2.75) is 50.7 Å². The summed E-state index contributed by atoms with van der Waals surface area (Å²) < 4.78 is 5.52. The molecule has 6 nitrogen and oxygen atoms in total. The van der Waals surface area contributed by atoms with E-state index < -0.39 is 12.0 Å². The van der Waals surface area contributed by atoms with Gasteiger partial charge >= 0.3 is 12.0 Å².